The van der Waals surface area contributed by atoms with Crippen molar-refractivity contribution in [3.05, 3.63) is 101 Å². The highest BCUT2D eigenvalue weighted by atomic mass is 35.5. The summed E-state index contributed by atoms with van der Waals surface area (Å²) in [6, 6.07) is 24.2. The smallest absolute Gasteiger partial charge is 0.271 e. The van der Waals surface area contributed by atoms with Crippen LogP contribution >= 0.6 is 11.6 Å². The number of rotatable bonds is 5. The summed E-state index contributed by atoms with van der Waals surface area (Å²) < 4.78 is 0. The highest BCUT2D eigenvalue weighted by Crippen LogP contribution is 2.30. The second-order valence-electron chi connectivity index (χ2n) is 6.95. The van der Waals surface area contributed by atoms with Crippen LogP contribution in [0.5, 0.6) is 0 Å². The number of nitrogens with one attached hydrogen (secondary N) is 1. The molecule has 6 heteroatoms. The number of hydrogen-bond acceptors (Lipinski definition) is 3. The average Bonchev–Trinajstić information content (AvgIpc) is 3.21. The molecule has 0 atom stereocenters. The summed E-state index contributed by atoms with van der Waals surface area (Å²) >= 11 is 6.28. The molecule has 1 saturated heterocycles. The van der Waals surface area contributed by atoms with E-state index in [1.807, 2.05) is 60.7 Å². The molecule has 1 N–H and O–H groups in total. The van der Waals surface area contributed by atoms with Gasteiger partial charge < -0.3 is 4.90 Å². The third kappa shape index (κ3) is 4.26. The SMILES string of the molecule is O=C(NN=C(c1ccccc1)c1ccccc1)c1ccc(Cl)c(N2CCCC2=O)c1. The normalized spacial score (nSPS) is 13.2. The topological polar surface area (TPSA) is 61.8 Å². The molecule has 1 aliphatic heterocycles. The number of hydrazone groups is 1. The first-order valence-electron chi connectivity index (χ1n) is 9.72. The van der Waals surface area contributed by atoms with E-state index >= 15 is 0 Å². The number of amides is 2. The van der Waals surface area contributed by atoms with Crippen LogP contribution in [0.2, 0.25) is 5.02 Å². The molecule has 2 amide bonds. The van der Waals surface area contributed by atoms with Crippen LogP contribution in [-0.4, -0.2) is 24.1 Å². The highest BCUT2D eigenvalue weighted by molar-refractivity contribution is 6.34. The van der Waals surface area contributed by atoms with E-state index in [4.69, 9.17) is 11.6 Å². The molecule has 3 aromatic carbocycles. The Hall–Kier alpha value is -3.44. The van der Waals surface area contributed by atoms with Gasteiger partial charge in [0.25, 0.3) is 5.91 Å². The molecule has 5 nitrogen and oxygen atoms in total. The molecule has 1 fully saturated rings. The summed E-state index contributed by atoms with van der Waals surface area (Å²) in [6.07, 6.45) is 1.28. The van der Waals surface area contributed by atoms with Crippen LogP contribution in [0.4, 0.5) is 5.69 Å². The molecule has 1 aliphatic rings. The van der Waals surface area contributed by atoms with Gasteiger partial charge in [-0.25, -0.2) is 5.43 Å². The molecule has 4 rings (SSSR count). The third-order valence-electron chi connectivity index (χ3n) is 4.94. The van der Waals surface area contributed by atoms with Crippen LogP contribution < -0.4 is 10.3 Å². The summed E-state index contributed by atoms with van der Waals surface area (Å²) in [5.74, 6) is -0.355. The number of nitrogens with zero attached hydrogens (tertiary/aromatic N) is 2. The van der Waals surface area contributed by atoms with Crippen molar-refractivity contribution in [2.24, 2.45) is 5.10 Å². The minimum Gasteiger partial charge on any atom is -0.311 e. The summed E-state index contributed by atoms with van der Waals surface area (Å²) in [6.45, 7) is 0.605. The molecule has 0 aromatic heterocycles. The predicted octanol–water partition coefficient (Wildman–Crippen LogP) is 4.65. The fraction of sp³-hybridized carbons (Fsp3) is 0.125. The minimum absolute atomic E-state index is 0.0166. The number of anilines is 1. The van der Waals surface area contributed by atoms with Gasteiger partial charge in [0.15, 0.2) is 0 Å². The van der Waals surface area contributed by atoms with Crippen LogP contribution in [0.25, 0.3) is 0 Å². The second-order valence-corrected chi connectivity index (χ2v) is 7.36. The average molecular weight is 418 g/mol. The van der Waals surface area contributed by atoms with Crippen molar-refractivity contribution in [2.45, 2.75) is 12.8 Å². The molecule has 0 bridgehead atoms. The van der Waals surface area contributed by atoms with E-state index in [0.29, 0.717) is 35.0 Å². The summed E-state index contributed by atoms with van der Waals surface area (Å²) in [5.41, 5.74) is 6.04. The number of halogens is 1. The molecule has 0 unspecified atom stereocenters. The Labute approximate surface area is 180 Å². The zero-order valence-corrected chi connectivity index (χ0v) is 17.0. The lowest BCUT2D eigenvalue weighted by Crippen LogP contribution is -2.25. The first kappa shape index (κ1) is 19.9. The summed E-state index contributed by atoms with van der Waals surface area (Å²) in [4.78, 5) is 26.5. The van der Waals surface area contributed by atoms with Crippen molar-refractivity contribution in [3.8, 4) is 0 Å². The van der Waals surface area contributed by atoms with E-state index in [0.717, 1.165) is 17.5 Å². The molecule has 0 radical (unpaired) electrons. The van der Waals surface area contributed by atoms with Crippen molar-refractivity contribution in [1.82, 2.24) is 5.43 Å². The molecule has 3 aromatic rings. The van der Waals surface area contributed by atoms with Gasteiger partial charge in [-0.2, -0.15) is 5.10 Å². The maximum Gasteiger partial charge on any atom is 0.271 e. The molecule has 0 saturated carbocycles. The Balaban J connectivity index is 1.62. The summed E-state index contributed by atoms with van der Waals surface area (Å²) in [7, 11) is 0. The lowest BCUT2D eigenvalue weighted by Gasteiger charge is -2.18. The van der Waals surface area contributed by atoms with Gasteiger partial charge in [-0.3, -0.25) is 9.59 Å². The Kier molecular flexibility index (Phi) is 5.91. The first-order valence-corrected chi connectivity index (χ1v) is 10.1. The Morgan fingerprint density at radius 3 is 2.10 bits per heavy atom. The van der Waals surface area contributed by atoms with Gasteiger partial charge in [0, 0.05) is 29.7 Å². The molecule has 0 aliphatic carbocycles. The lowest BCUT2D eigenvalue weighted by atomic mass is 10.0. The van der Waals surface area contributed by atoms with Crippen molar-refractivity contribution in [2.75, 3.05) is 11.4 Å². The maximum absolute atomic E-state index is 12.8. The molecule has 30 heavy (non-hydrogen) atoms. The van der Waals surface area contributed by atoms with E-state index in [9.17, 15) is 9.59 Å². The number of carbonyl (C=O) groups is 2. The van der Waals surface area contributed by atoms with Crippen molar-refractivity contribution in [1.29, 1.82) is 0 Å². The van der Waals surface area contributed by atoms with Gasteiger partial charge in [0.05, 0.1) is 16.4 Å². The number of hydrogen-bond donors (Lipinski definition) is 1. The molecule has 150 valence electrons. The van der Waals surface area contributed by atoms with Crippen molar-refractivity contribution in [3.63, 3.8) is 0 Å². The van der Waals surface area contributed by atoms with Crippen molar-refractivity contribution >= 4 is 34.8 Å². The van der Waals surface area contributed by atoms with Gasteiger partial charge in [-0.15, -0.1) is 0 Å². The Morgan fingerprint density at radius 1 is 0.900 bits per heavy atom. The second kappa shape index (κ2) is 8.93. The predicted molar refractivity (Wildman–Crippen MR) is 119 cm³/mol. The maximum atomic E-state index is 12.8. The van der Waals surface area contributed by atoms with Crippen molar-refractivity contribution < 1.29 is 9.59 Å². The zero-order chi connectivity index (χ0) is 20.9. The van der Waals surface area contributed by atoms with Crippen LogP contribution in [0, 0.1) is 0 Å². The first-order chi connectivity index (χ1) is 14.6. The molecular formula is C24H20ClN3O2. The fourth-order valence-electron chi connectivity index (χ4n) is 3.42. The zero-order valence-electron chi connectivity index (χ0n) is 16.2. The number of benzene rings is 3. The monoisotopic (exact) mass is 417 g/mol. The molecule has 0 spiro atoms. The van der Waals surface area contributed by atoms with Crippen LogP contribution in [0.15, 0.2) is 84.0 Å². The Bertz CT molecular complexity index is 1060. The van der Waals surface area contributed by atoms with Crippen LogP contribution in [-0.2, 0) is 4.79 Å². The quantitative estimate of drug-likeness (QED) is 0.485. The lowest BCUT2D eigenvalue weighted by molar-refractivity contribution is -0.117. The van der Waals surface area contributed by atoms with E-state index in [1.54, 1.807) is 23.1 Å². The molecule has 1 heterocycles. The van der Waals surface area contributed by atoms with Gasteiger partial charge in [0.1, 0.15) is 0 Å². The van der Waals surface area contributed by atoms with E-state index in [1.165, 1.54) is 0 Å². The van der Waals surface area contributed by atoms with Gasteiger partial charge in [-0.05, 0) is 24.6 Å². The largest absolute Gasteiger partial charge is 0.311 e. The van der Waals surface area contributed by atoms with Crippen LogP contribution in [0.1, 0.15) is 34.3 Å². The van der Waals surface area contributed by atoms with Gasteiger partial charge >= 0.3 is 0 Å². The van der Waals surface area contributed by atoms with Crippen LogP contribution in [0.3, 0.4) is 0 Å². The Morgan fingerprint density at radius 2 is 1.53 bits per heavy atom. The fourth-order valence-corrected chi connectivity index (χ4v) is 3.64. The number of carbonyl (C=O) groups excluding carboxylic acids is 2. The van der Waals surface area contributed by atoms with E-state index in [-0.39, 0.29) is 11.8 Å². The van der Waals surface area contributed by atoms with Gasteiger partial charge in [0.2, 0.25) is 5.91 Å². The van der Waals surface area contributed by atoms with E-state index < -0.39 is 0 Å². The summed E-state index contributed by atoms with van der Waals surface area (Å²) in [5, 5.41) is 4.85. The third-order valence-corrected chi connectivity index (χ3v) is 5.26. The standard InChI is InChI=1S/C24H20ClN3O2/c25-20-14-13-19(16-21(20)28-15-7-12-22(28)29)24(30)27-26-23(17-8-3-1-4-9-17)18-10-5-2-6-11-18/h1-6,8-11,13-14,16H,7,12,15H2,(H,27,30). The highest BCUT2D eigenvalue weighted by Gasteiger charge is 2.24. The van der Waals surface area contributed by atoms with E-state index in [2.05, 4.69) is 10.5 Å². The van der Waals surface area contributed by atoms with Gasteiger partial charge in [-0.1, -0.05) is 72.3 Å². The minimum atomic E-state index is -0.371. The molecular weight excluding hydrogens is 398 g/mol.